The Balaban J connectivity index is 2.17. The van der Waals surface area contributed by atoms with Gasteiger partial charge in [-0.2, -0.15) is 4.98 Å². The lowest BCUT2D eigenvalue weighted by Crippen LogP contribution is -1.88. The van der Waals surface area contributed by atoms with E-state index in [1.165, 1.54) is 6.07 Å². The van der Waals surface area contributed by atoms with Crippen molar-refractivity contribution in [2.75, 3.05) is 7.11 Å². The Kier molecular flexibility index (Phi) is 2.67. The van der Waals surface area contributed by atoms with E-state index in [4.69, 9.17) is 4.74 Å². The van der Waals surface area contributed by atoms with Crippen molar-refractivity contribution in [1.82, 2.24) is 15.0 Å². The molecular formula is C14H12FN3O. The molecule has 2 heterocycles. The van der Waals surface area contributed by atoms with Crippen molar-refractivity contribution < 1.29 is 9.13 Å². The summed E-state index contributed by atoms with van der Waals surface area (Å²) in [5.74, 6) is 0.642. The molecule has 0 unspecified atom stereocenters. The molecule has 0 saturated heterocycles. The van der Waals surface area contributed by atoms with Crippen LogP contribution in [0, 0.1) is 12.7 Å². The molecule has 0 aliphatic rings. The molecule has 2 aromatic heterocycles. The normalized spacial score (nSPS) is 10.9. The number of hydrogen-bond donors (Lipinski definition) is 1. The lowest BCUT2D eigenvalue weighted by atomic mass is 10.1. The number of fused-ring (bicyclic) bond motifs is 1. The van der Waals surface area contributed by atoms with E-state index in [0.717, 1.165) is 11.1 Å². The van der Waals surface area contributed by atoms with Gasteiger partial charge in [0, 0.05) is 6.07 Å². The van der Waals surface area contributed by atoms with Gasteiger partial charge in [0.15, 0.2) is 5.65 Å². The SMILES string of the molecule is COc1ccc2[nH]c(-c3cc(C)ccc3F)nc2n1. The standard InChI is InChI=1S/C14H12FN3O/c1-8-3-4-10(15)9(7-8)13-16-11-5-6-12(19-2)17-14(11)18-13/h3-7H,1-2H3,(H,16,17,18). The summed E-state index contributed by atoms with van der Waals surface area (Å²) in [6, 6.07) is 8.46. The average Bonchev–Trinajstić information content (AvgIpc) is 2.83. The molecule has 0 aliphatic carbocycles. The highest BCUT2D eigenvalue weighted by Gasteiger charge is 2.11. The summed E-state index contributed by atoms with van der Waals surface area (Å²) in [4.78, 5) is 11.6. The summed E-state index contributed by atoms with van der Waals surface area (Å²) < 4.78 is 18.9. The molecular weight excluding hydrogens is 245 g/mol. The van der Waals surface area contributed by atoms with Crippen molar-refractivity contribution in [3.8, 4) is 17.3 Å². The highest BCUT2D eigenvalue weighted by molar-refractivity contribution is 5.76. The number of methoxy groups -OCH3 is 1. The van der Waals surface area contributed by atoms with Gasteiger partial charge < -0.3 is 9.72 Å². The molecule has 0 spiro atoms. The van der Waals surface area contributed by atoms with Crippen molar-refractivity contribution in [2.24, 2.45) is 0 Å². The van der Waals surface area contributed by atoms with Gasteiger partial charge in [0.1, 0.15) is 11.6 Å². The van der Waals surface area contributed by atoms with Gasteiger partial charge in [-0.25, -0.2) is 9.37 Å². The number of pyridine rings is 1. The maximum atomic E-state index is 13.8. The molecule has 19 heavy (non-hydrogen) atoms. The monoisotopic (exact) mass is 257 g/mol. The predicted molar refractivity (Wildman–Crippen MR) is 70.6 cm³/mol. The van der Waals surface area contributed by atoms with Crippen LogP contribution in [0.15, 0.2) is 30.3 Å². The van der Waals surface area contributed by atoms with Gasteiger partial charge in [-0.15, -0.1) is 0 Å². The average molecular weight is 257 g/mol. The molecule has 1 aromatic carbocycles. The second-order valence-electron chi connectivity index (χ2n) is 4.29. The van der Waals surface area contributed by atoms with Crippen molar-refractivity contribution >= 4 is 11.2 Å². The number of halogens is 1. The zero-order valence-electron chi connectivity index (χ0n) is 10.6. The second kappa shape index (κ2) is 4.35. The van der Waals surface area contributed by atoms with Crippen LogP contribution in [0.1, 0.15) is 5.56 Å². The molecule has 1 N–H and O–H groups in total. The highest BCUT2D eigenvalue weighted by Crippen LogP contribution is 2.24. The molecule has 0 amide bonds. The van der Waals surface area contributed by atoms with Gasteiger partial charge in [-0.1, -0.05) is 11.6 Å². The Morgan fingerprint density at radius 3 is 2.79 bits per heavy atom. The topological polar surface area (TPSA) is 50.8 Å². The fourth-order valence-electron chi connectivity index (χ4n) is 1.94. The van der Waals surface area contributed by atoms with E-state index in [9.17, 15) is 4.39 Å². The van der Waals surface area contributed by atoms with Crippen molar-refractivity contribution in [3.05, 3.63) is 41.7 Å². The van der Waals surface area contributed by atoms with Crippen molar-refractivity contribution in [3.63, 3.8) is 0 Å². The van der Waals surface area contributed by atoms with E-state index >= 15 is 0 Å². The first-order valence-corrected chi connectivity index (χ1v) is 5.84. The molecule has 3 aromatic rings. The summed E-state index contributed by atoms with van der Waals surface area (Å²) in [6.45, 7) is 1.91. The number of aromatic nitrogens is 3. The number of imidazole rings is 1. The predicted octanol–water partition coefficient (Wildman–Crippen LogP) is 3.08. The maximum absolute atomic E-state index is 13.8. The van der Waals surface area contributed by atoms with Crippen LogP contribution in [0.5, 0.6) is 5.88 Å². The van der Waals surface area contributed by atoms with E-state index < -0.39 is 0 Å². The Hall–Kier alpha value is -2.43. The molecule has 3 rings (SSSR count). The molecule has 0 atom stereocenters. The zero-order chi connectivity index (χ0) is 13.4. The first kappa shape index (κ1) is 11.6. The van der Waals surface area contributed by atoms with E-state index in [0.29, 0.717) is 22.9 Å². The Morgan fingerprint density at radius 2 is 2.00 bits per heavy atom. The molecule has 4 nitrogen and oxygen atoms in total. The quantitative estimate of drug-likeness (QED) is 0.767. The van der Waals surface area contributed by atoms with Gasteiger partial charge in [0.05, 0.1) is 18.2 Å². The van der Waals surface area contributed by atoms with Crippen LogP contribution in [-0.2, 0) is 0 Å². The number of aromatic amines is 1. The van der Waals surface area contributed by atoms with Crippen LogP contribution < -0.4 is 4.74 Å². The minimum atomic E-state index is -0.309. The minimum Gasteiger partial charge on any atom is -0.481 e. The first-order valence-electron chi connectivity index (χ1n) is 5.84. The number of benzene rings is 1. The summed E-state index contributed by atoms with van der Waals surface area (Å²) in [5, 5.41) is 0. The zero-order valence-corrected chi connectivity index (χ0v) is 10.6. The molecule has 0 radical (unpaired) electrons. The molecule has 5 heteroatoms. The Morgan fingerprint density at radius 1 is 1.16 bits per heavy atom. The van der Waals surface area contributed by atoms with Crippen molar-refractivity contribution in [2.45, 2.75) is 6.92 Å². The second-order valence-corrected chi connectivity index (χ2v) is 4.29. The number of aryl methyl sites for hydroxylation is 1. The minimum absolute atomic E-state index is 0.309. The smallest absolute Gasteiger partial charge is 0.215 e. The number of hydrogen-bond acceptors (Lipinski definition) is 3. The number of rotatable bonds is 2. The fourth-order valence-corrected chi connectivity index (χ4v) is 1.94. The van der Waals surface area contributed by atoms with Crippen LogP contribution >= 0.6 is 0 Å². The lowest BCUT2D eigenvalue weighted by molar-refractivity contribution is 0.399. The molecule has 0 bridgehead atoms. The molecule has 0 aliphatic heterocycles. The summed E-state index contributed by atoms with van der Waals surface area (Å²) in [7, 11) is 1.54. The number of ether oxygens (including phenoxy) is 1. The third-order valence-electron chi connectivity index (χ3n) is 2.91. The van der Waals surface area contributed by atoms with Crippen LogP contribution in [0.3, 0.4) is 0 Å². The largest absolute Gasteiger partial charge is 0.481 e. The van der Waals surface area contributed by atoms with Crippen LogP contribution in [0.2, 0.25) is 0 Å². The third-order valence-corrected chi connectivity index (χ3v) is 2.91. The Labute approximate surface area is 109 Å². The Bertz CT molecular complexity index is 752. The maximum Gasteiger partial charge on any atom is 0.215 e. The van der Waals surface area contributed by atoms with Gasteiger partial charge in [0.25, 0.3) is 0 Å². The van der Waals surface area contributed by atoms with E-state index in [1.807, 2.05) is 13.0 Å². The van der Waals surface area contributed by atoms with Crippen LogP contribution in [-0.4, -0.2) is 22.1 Å². The van der Waals surface area contributed by atoms with Crippen LogP contribution in [0.4, 0.5) is 4.39 Å². The number of nitrogens with zero attached hydrogens (tertiary/aromatic N) is 2. The fraction of sp³-hybridized carbons (Fsp3) is 0.143. The van der Waals surface area contributed by atoms with E-state index in [-0.39, 0.29) is 5.82 Å². The summed E-state index contributed by atoms with van der Waals surface area (Å²) in [5.41, 5.74) is 2.67. The molecule has 0 saturated carbocycles. The van der Waals surface area contributed by atoms with Gasteiger partial charge in [-0.3, -0.25) is 0 Å². The van der Waals surface area contributed by atoms with E-state index in [2.05, 4.69) is 15.0 Å². The van der Waals surface area contributed by atoms with Crippen LogP contribution in [0.25, 0.3) is 22.6 Å². The summed E-state index contributed by atoms with van der Waals surface area (Å²) >= 11 is 0. The van der Waals surface area contributed by atoms with E-state index in [1.54, 1.807) is 25.3 Å². The van der Waals surface area contributed by atoms with Gasteiger partial charge in [0.2, 0.25) is 5.88 Å². The third kappa shape index (κ3) is 2.03. The number of H-pyrrole nitrogens is 1. The highest BCUT2D eigenvalue weighted by atomic mass is 19.1. The molecule has 96 valence electrons. The summed E-state index contributed by atoms with van der Waals surface area (Å²) in [6.07, 6.45) is 0. The number of nitrogens with one attached hydrogen (secondary N) is 1. The molecule has 0 fully saturated rings. The van der Waals surface area contributed by atoms with Gasteiger partial charge >= 0.3 is 0 Å². The van der Waals surface area contributed by atoms with Gasteiger partial charge in [-0.05, 0) is 25.1 Å². The van der Waals surface area contributed by atoms with Crippen molar-refractivity contribution in [1.29, 1.82) is 0 Å². The first-order chi connectivity index (χ1) is 9.17. The lowest BCUT2D eigenvalue weighted by Gasteiger charge is -2.00.